The highest BCUT2D eigenvalue weighted by atomic mass is 79.9. The number of benzene rings is 1. The number of hydrogen-bond acceptors (Lipinski definition) is 4. The lowest BCUT2D eigenvalue weighted by Gasteiger charge is -2.39. The van der Waals surface area contributed by atoms with Gasteiger partial charge in [0.25, 0.3) is 11.8 Å². The topological polar surface area (TPSA) is 59.1 Å². The van der Waals surface area contributed by atoms with Crippen LogP contribution in [-0.2, 0) is 9.47 Å². The number of carbonyl (C=O) groups excluding carboxylic acids is 2. The minimum atomic E-state index is -0.0850. The fraction of sp³-hybridized carbons (Fsp3) is 0.500. The molecular weight excluding hydrogens is 364 g/mol. The molecule has 124 valence electrons. The van der Waals surface area contributed by atoms with Crippen LogP contribution in [0.4, 0.5) is 0 Å². The smallest absolute Gasteiger partial charge is 0.255 e. The zero-order chi connectivity index (χ0) is 16.6. The predicted octanol–water partition coefficient (Wildman–Crippen LogP) is 1.39. The van der Waals surface area contributed by atoms with E-state index in [1.807, 2.05) is 0 Å². The van der Waals surface area contributed by atoms with Crippen LogP contribution in [-0.4, -0.2) is 74.2 Å². The number of halogens is 1. The van der Waals surface area contributed by atoms with Crippen LogP contribution in [0.25, 0.3) is 0 Å². The van der Waals surface area contributed by atoms with E-state index in [1.165, 1.54) is 0 Å². The fourth-order valence-electron chi connectivity index (χ4n) is 2.68. The van der Waals surface area contributed by atoms with Gasteiger partial charge >= 0.3 is 0 Å². The minimum Gasteiger partial charge on any atom is -0.378 e. The summed E-state index contributed by atoms with van der Waals surface area (Å²) < 4.78 is 11.1. The Kier molecular flexibility index (Phi) is 4.70. The number of amides is 2. The van der Waals surface area contributed by atoms with Gasteiger partial charge in [0.05, 0.1) is 17.8 Å². The molecule has 0 aliphatic carbocycles. The first-order valence-electron chi connectivity index (χ1n) is 7.47. The van der Waals surface area contributed by atoms with Gasteiger partial charge < -0.3 is 19.3 Å². The van der Waals surface area contributed by atoms with Crippen molar-refractivity contribution in [1.82, 2.24) is 9.80 Å². The first-order chi connectivity index (χ1) is 11.0. The zero-order valence-corrected chi connectivity index (χ0v) is 14.7. The summed E-state index contributed by atoms with van der Waals surface area (Å²) in [6.45, 7) is 2.36. The van der Waals surface area contributed by atoms with Crippen molar-refractivity contribution in [1.29, 1.82) is 0 Å². The molecule has 0 unspecified atom stereocenters. The Morgan fingerprint density at radius 1 is 1.00 bits per heavy atom. The summed E-state index contributed by atoms with van der Waals surface area (Å²) in [4.78, 5) is 28.4. The predicted molar refractivity (Wildman–Crippen MR) is 87.5 cm³/mol. The standard InChI is InChI=1S/C16H19BrN2O4/c1-22-11-6-18(7-11)15(20)10-3-4-14(17)13(5-10)16(21)19-8-12(9-19)23-2/h3-5,11-12H,6-9H2,1-2H3. The molecule has 2 aliphatic rings. The first kappa shape index (κ1) is 16.4. The van der Waals surface area contributed by atoms with Gasteiger partial charge in [-0.1, -0.05) is 0 Å². The molecule has 2 heterocycles. The number of rotatable bonds is 4. The maximum Gasteiger partial charge on any atom is 0.255 e. The monoisotopic (exact) mass is 382 g/mol. The van der Waals surface area contributed by atoms with E-state index in [4.69, 9.17) is 9.47 Å². The molecule has 0 spiro atoms. The van der Waals surface area contributed by atoms with E-state index in [9.17, 15) is 9.59 Å². The molecule has 0 aromatic heterocycles. The van der Waals surface area contributed by atoms with Crippen LogP contribution in [0.15, 0.2) is 22.7 Å². The summed E-state index contributed by atoms with van der Waals surface area (Å²) in [5.74, 6) is -0.156. The highest BCUT2D eigenvalue weighted by Gasteiger charge is 2.34. The second kappa shape index (κ2) is 6.59. The lowest BCUT2D eigenvalue weighted by atomic mass is 10.0. The second-order valence-corrected chi connectivity index (χ2v) is 6.68. The van der Waals surface area contributed by atoms with Gasteiger partial charge in [0.15, 0.2) is 0 Å². The van der Waals surface area contributed by atoms with Gasteiger partial charge in [-0.25, -0.2) is 0 Å². The van der Waals surface area contributed by atoms with Crippen molar-refractivity contribution in [2.45, 2.75) is 12.2 Å². The van der Waals surface area contributed by atoms with Crippen LogP contribution in [0.3, 0.4) is 0 Å². The second-order valence-electron chi connectivity index (χ2n) is 5.83. The van der Waals surface area contributed by atoms with Crippen molar-refractivity contribution in [3.05, 3.63) is 33.8 Å². The molecule has 6 nitrogen and oxygen atoms in total. The summed E-state index contributed by atoms with van der Waals surface area (Å²) in [5.41, 5.74) is 1.03. The number of ether oxygens (including phenoxy) is 2. The van der Waals surface area contributed by atoms with Crippen LogP contribution in [0, 0.1) is 0 Å². The molecule has 2 amide bonds. The van der Waals surface area contributed by atoms with Gasteiger partial charge in [-0.05, 0) is 34.1 Å². The summed E-state index contributed by atoms with van der Waals surface area (Å²) in [6.07, 6.45) is 0.220. The van der Waals surface area contributed by atoms with Crippen LogP contribution in [0.5, 0.6) is 0 Å². The van der Waals surface area contributed by atoms with E-state index in [1.54, 1.807) is 42.2 Å². The van der Waals surface area contributed by atoms with Crippen LogP contribution in [0.1, 0.15) is 20.7 Å². The minimum absolute atomic E-state index is 0.0711. The van der Waals surface area contributed by atoms with E-state index in [0.29, 0.717) is 41.8 Å². The SMILES string of the molecule is COC1CN(C(=O)c2ccc(Br)c(C(=O)N3CC(OC)C3)c2)C1. The molecule has 0 atom stereocenters. The van der Waals surface area contributed by atoms with Gasteiger partial charge in [0, 0.05) is 50.4 Å². The molecule has 23 heavy (non-hydrogen) atoms. The van der Waals surface area contributed by atoms with Gasteiger partial charge in [-0.2, -0.15) is 0 Å². The molecule has 0 N–H and O–H groups in total. The van der Waals surface area contributed by atoms with Gasteiger partial charge in [-0.3, -0.25) is 9.59 Å². The van der Waals surface area contributed by atoms with Crippen molar-refractivity contribution in [2.24, 2.45) is 0 Å². The average Bonchev–Trinajstić information content (AvgIpc) is 2.45. The van der Waals surface area contributed by atoms with Crippen LogP contribution < -0.4 is 0 Å². The highest BCUT2D eigenvalue weighted by molar-refractivity contribution is 9.10. The molecule has 0 saturated carbocycles. The molecule has 2 aliphatic heterocycles. The maximum atomic E-state index is 12.5. The van der Waals surface area contributed by atoms with E-state index < -0.39 is 0 Å². The van der Waals surface area contributed by atoms with Crippen LogP contribution in [0.2, 0.25) is 0 Å². The van der Waals surface area contributed by atoms with Crippen LogP contribution >= 0.6 is 15.9 Å². The molecule has 0 radical (unpaired) electrons. The third-order valence-electron chi connectivity index (χ3n) is 4.38. The number of carbonyl (C=O) groups is 2. The Morgan fingerprint density at radius 2 is 1.52 bits per heavy atom. The highest BCUT2D eigenvalue weighted by Crippen LogP contribution is 2.25. The zero-order valence-electron chi connectivity index (χ0n) is 13.1. The molecule has 1 aromatic carbocycles. The maximum absolute atomic E-state index is 12.5. The molecule has 7 heteroatoms. The quantitative estimate of drug-likeness (QED) is 0.789. The Morgan fingerprint density at radius 3 is 2.04 bits per heavy atom. The van der Waals surface area contributed by atoms with Crippen molar-refractivity contribution >= 4 is 27.7 Å². The summed E-state index contributed by atoms with van der Waals surface area (Å²) in [5, 5.41) is 0. The third kappa shape index (κ3) is 3.13. The van der Waals surface area contributed by atoms with E-state index in [0.717, 1.165) is 0 Å². The Labute approximate surface area is 143 Å². The molecule has 2 saturated heterocycles. The Hall–Kier alpha value is -1.44. The Bertz CT molecular complexity index is 625. The van der Waals surface area contributed by atoms with Gasteiger partial charge in [0.2, 0.25) is 0 Å². The number of likely N-dealkylation sites (tertiary alicyclic amines) is 2. The largest absolute Gasteiger partial charge is 0.378 e. The fourth-order valence-corrected chi connectivity index (χ4v) is 3.10. The van der Waals surface area contributed by atoms with Gasteiger partial charge in [-0.15, -0.1) is 0 Å². The van der Waals surface area contributed by atoms with Crippen molar-refractivity contribution < 1.29 is 19.1 Å². The number of methoxy groups -OCH3 is 2. The lowest BCUT2D eigenvalue weighted by Crippen LogP contribution is -2.55. The summed E-state index contributed by atoms with van der Waals surface area (Å²) in [7, 11) is 3.28. The van der Waals surface area contributed by atoms with Crippen molar-refractivity contribution in [3.8, 4) is 0 Å². The lowest BCUT2D eigenvalue weighted by molar-refractivity contribution is -0.0196. The van der Waals surface area contributed by atoms with E-state index >= 15 is 0 Å². The van der Waals surface area contributed by atoms with Crippen molar-refractivity contribution in [2.75, 3.05) is 40.4 Å². The van der Waals surface area contributed by atoms with E-state index in [2.05, 4.69) is 15.9 Å². The molecule has 0 bridgehead atoms. The van der Waals surface area contributed by atoms with E-state index in [-0.39, 0.29) is 24.0 Å². The molecule has 2 fully saturated rings. The molecule has 1 aromatic rings. The normalized spacial score (nSPS) is 18.6. The molecular formula is C16H19BrN2O4. The number of nitrogens with zero attached hydrogens (tertiary/aromatic N) is 2. The summed E-state index contributed by atoms with van der Waals surface area (Å²) >= 11 is 3.40. The summed E-state index contributed by atoms with van der Waals surface area (Å²) in [6, 6.07) is 5.15. The molecule has 3 rings (SSSR count). The number of hydrogen-bond donors (Lipinski definition) is 0. The Balaban J connectivity index is 1.72. The first-order valence-corrected chi connectivity index (χ1v) is 8.26. The third-order valence-corrected chi connectivity index (χ3v) is 5.07. The average molecular weight is 383 g/mol. The van der Waals surface area contributed by atoms with Crippen molar-refractivity contribution in [3.63, 3.8) is 0 Å². The van der Waals surface area contributed by atoms with Gasteiger partial charge in [0.1, 0.15) is 0 Å².